The van der Waals surface area contributed by atoms with Crippen molar-refractivity contribution in [2.75, 3.05) is 12.3 Å². The molecule has 0 aliphatic carbocycles. The molecule has 0 aliphatic rings. The second-order valence-electron chi connectivity index (χ2n) is 5.62. The molecule has 0 radical (unpaired) electrons. The first-order chi connectivity index (χ1) is 12.7. The van der Waals surface area contributed by atoms with Crippen LogP contribution in [0, 0.1) is 0 Å². The predicted molar refractivity (Wildman–Crippen MR) is 99.3 cm³/mol. The molecular weight excluding hydrogens is 350 g/mol. The maximum Gasteiger partial charge on any atom is 0.230 e. The van der Waals surface area contributed by atoms with Gasteiger partial charge in [-0.3, -0.25) is 4.79 Å². The van der Waals surface area contributed by atoms with Crippen molar-refractivity contribution in [1.29, 1.82) is 0 Å². The summed E-state index contributed by atoms with van der Waals surface area (Å²) in [5.41, 5.74) is 1.99. The zero-order chi connectivity index (χ0) is 18.2. The van der Waals surface area contributed by atoms with Crippen molar-refractivity contribution < 1.29 is 9.90 Å². The highest BCUT2D eigenvalue weighted by molar-refractivity contribution is 7.99. The van der Waals surface area contributed by atoms with Crippen LogP contribution in [0.5, 0.6) is 5.75 Å². The first kappa shape index (κ1) is 17.9. The number of nitrogens with one attached hydrogen (secondary N) is 1. The average molecular weight is 369 g/mol. The van der Waals surface area contributed by atoms with Gasteiger partial charge in [0.15, 0.2) is 0 Å². The van der Waals surface area contributed by atoms with Crippen molar-refractivity contribution in [2.45, 2.75) is 18.0 Å². The second-order valence-corrected chi connectivity index (χ2v) is 6.56. The van der Waals surface area contributed by atoms with Crippen molar-refractivity contribution in [3.8, 4) is 11.4 Å². The fourth-order valence-electron chi connectivity index (χ4n) is 2.37. The summed E-state index contributed by atoms with van der Waals surface area (Å²) in [5.74, 6) is 0.360. The number of thioether (sulfide) groups is 1. The molecule has 0 atom stereocenters. The molecule has 0 aliphatic heterocycles. The molecule has 3 aromatic rings. The largest absolute Gasteiger partial charge is 0.508 e. The maximum atomic E-state index is 12.0. The van der Waals surface area contributed by atoms with Crippen LogP contribution in [-0.4, -0.2) is 43.5 Å². The van der Waals surface area contributed by atoms with Crippen molar-refractivity contribution in [1.82, 2.24) is 25.5 Å². The Labute approximate surface area is 155 Å². The number of hydrogen-bond acceptors (Lipinski definition) is 6. The molecule has 0 saturated carbocycles. The zero-order valence-corrected chi connectivity index (χ0v) is 14.9. The third-order valence-corrected chi connectivity index (χ3v) is 4.59. The summed E-state index contributed by atoms with van der Waals surface area (Å²) in [6.45, 7) is 0.636. The number of aromatic hydroxyl groups is 1. The Kier molecular flexibility index (Phi) is 6.21. The Bertz CT molecular complexity index is 836. The minimum absolute atomic E-state index is 0.0525. The molecule has 0 saturated heterocycles. The van der Waals surface area contributed by atoms with E-state index in [1.807, 2.05) is 18.2 Å². The lowest BCUT2D eigenvalue weighted by atomic mass is 10.1. The molecular formula is C18H19N5O2S. The maximum absolute atomic E-state index is 12.0. The Balaban J connectivity index is 1.43. The SMILES string of the molecule is O=C(CSc1nnnn1-c1ccc(O)cc1)NCCCc1ccccc1. The first-order valence-corrected chi connectivity index (χ1v) is 9.22. The van der Waals surface area contributed by atoms with Gasteiger partial charge in [-0.05, 0) is 53.1 Å². The van der Waals surface area contributed by atoms with E-state index in [0.717, 1.165) is 18.5 Å². The Morgan fingerprint density at radius 3 is 2.65 bits per heavy atom. The van der Waals surface area contributed by atoms with Crippen molar-refractivity contribution in [3.63, 3.8) is 0 Å². The number of amides is 1. The van der Waals surface area contributed by atoms with Gasteiger partial charge in [0.2, 0.25) is 11.1 Å². The molecule has 0 unspecified atom stereocenters. The van der Waals surface area contributed by atoms with Crippen LogP contribution >= 0.6 is 11.8 Å². The Morgan fingerprint density at radius 1 is 1.12 bits per heavy atom. The summed E-state index contributed by atoms with van der Waals surface area (Å²) in [7, 11) is 0. The molecule has 3 rings (SSSR count). The van der Waals surface area contributed by atoms with Crippen LogP contribution in [0.2, 0.25) is 0 Å². The van der Waals surface area contributed by atoms with Crippen LogP contribution in [0.1, 0.15) is 12.0 Å². The number of carbonyl (C=O) groups is 1. The number of nitrogens with zero attached hydrogens (tertiary/aromatic N) is 4. The van der Waals surface area contributed by atoms with Gasteiger partial charge in [-0.1, -0.05) is 42.1 Å². The molecule has 1 aromatic heterocycles. The van der Waals surface area contributed by atoms with Gasteiger partial charge in [-0.25, -0.2) is 0 Å². The number of hydrogen-bond donors (Lipinski definition) is 2. The standard InChI is InChI=1S/C18H19N5O2S/c24-16-10-8-15(9-11-16)23-18(20-21-22-23)26-13-17(25)19-12-4-7-14-5-2-1-3-6-14/h1-3,5-6,8-11,24H,4,7,12-13H2,(H,19,25). The van der Waals surface area contributed by atoms with E-state index in [0.29, 0.717) is 11.7 Å². The monoisotopic (exact) mass is 369 g/mol. The fraction of sp³-hybridized carbons (Fsp3) is 0.222. The number of rotatable bonds is 8. The minimum Gasteiger partial charge on any atom is -0.508 e. The van der Waals surface area contributed by atoms with Gasteiger partial charge in [0.1, 0.15) is 5.75 Å². The number of benzene rings is 2. The number of aryl methyl sites for hydroxylation is 1. The molecule has 2 N–H and O–H groups in total. The average Bonchev–Trinajstić information content (AvgIpc) is 3.14. The fourth-order valence-corrected chi connectivity index (χ4v) is 3.09. The number of phenols is 1. The molecule has 26 heavy (non-hydrogen) atoms. The lowest BCUT2D eigenvalue weighted by molar-refractivity contribution is -0.118. The third-order valence-electron chi connectivity index (χ3n) is 3.67. The number of phenolic OH excluding ortho intramolecular Hbond substituents is 1. The molecule has 0 spiro atoms. The van der Waals surface area contributed by atoms with Crippen LogP contribution in [0.15, 0.2) is 59.8 Å². The molecule has 134 valence electrons. The van der Waals surface area contributed by atoms with Crippen LogP contribution < -0.4 is 5.32 Å². The number of tetrazole rings is 1. The summed E-state index contributed by atoms with van der Waals surface area (Å²) in [6, 6.07) is 16.7. The molecule has 0 fully saturated rings. The van der Waals surface area contributed by atoms with Gasteiger partial charge >= 0.3 is 0 Å². The summed E-state index contributed by atoms with van der Waals surface area (Å²) >= 11 is 1.27. The van der Waals surface area contributed by atoms with E-state index in [1.165, 1.54) is 22.0 Å². The van der Waals surface area contributed by atoms with Gasteiger partial charge in [0.05, 0.1) is 11.4 Å². The van der Waals surface area contributed by atoms with E-state index < -0.39 is 0 Å². The first-order valence-electron chi connectivity index (χ1n) is 8.23. The van der Waals surface area contributed by atoms with Gasteiger partial charge in [-0.15, -0.1) is 5.10 Å². The number of aromatic nitrogens is 4. The Morgan fingerprint density at radius 2 is 1.88 bits per heavy atom. The van der Waals surface area contributed by atoms with Gasteiger partial charge in [0, 0.05) is 6.54 Å². The van der Waals surface area contributed by atoms with E-state index in [9.17, 15) is 9.90 Å². The van der Waals surface area contributed by atoms with E-state index in [4.69, 9.17) is 0 Å². The molecule has 8 heteroatoms. The minimum atomic E-state index is -0.0525. The molecule has 2 aromatic carbocycles. The smallest absolute Gasteiger partial charge is 0.230 e. The molecule has 1 heterocycles. The summed E-state index contributed by atoms with van der Waals surface area (Å²) in [5, 5.41) is 24.3. The summed E-state index contributed by atoms with van der Waals surface area (Å²) in [6.07, 6.45) is 1.83. The third kappa shape index (κ3) is 5.06. The number of carbonyl (C=O) groups excluding carboxylic acids is 1. The van der Waals surface area contributed by atoms with Crippen molar-refractivity contribution >= 4 is 17.7 Å². The summed E-state index contributed by atoms with van der Waals surface area (Å²) < 4.78 is 1.53. The van der Waals surface area contributed by atoms with Crippen molar-refractivity contribution in [2.24, 2.45) is 0 Å². The van der Waals surface area contributed by atoms with Gasteiger partial charge in [0.25, 0.3) is 0 Å². The molecule has 0 bridgehead atoms. The topological polar surface area (TPSA) is 92.9 Å². The van der Waals surface area contributed by atoms with Crippen LogP contribution in [-0.2, 0) is 11.2 Å². The Hall–Kier alpha value is -2.87. The summed E-state index contributed by atoms with van der Waals surface area (Å²) in [4.78, 5) is 12.0. The van der Waals surface area contributed by atoms with E-state index >= 15 is 0 Å². The highest BCUT2D eigenvalue weighted by Crippen LogP contribution is 2.19. The second kappa shape index (κ2) is 9.00. The van der Waals surface area contributed by atoms with E-state index in [-0.39, 0.29) is 17.4 Å². The highest BCUT2D eigenvalue weighted by Gasteiger charge is 2.11. The molecule has 1 amide bonds. The highest BCUT2D eigenvalue weighted by atomic mass is 32.2. The molecule has 7 nitrogen and oxygen atoms in total. The van der Waals surface area contributed by atoms with Crippen LogP contribution in [0.3, 0.4) is 0 Å². The lowest BCUT2D eigenvalue weighted by Crippen LogP contribution is -2.26. The normalized spacial score (nSPS) is 10.6. The van der Waals surface area contributed by atoms with E-state index in [2.05, 4.69) is 33.0 Å². The van der Waals surface area contributed by atoms with Crippen molar-refractivity contribution in [3.05, 3.63) is 60.2 Å². The van der Waals surface area contributed by atoms with E-state index in [1.54, 1.807) is 24.3 Å². The van der Waals surface area contributed by atoms with Crippen LogP contribution in [0.25, 0.3) is 5.69 Å². The van der Waals surface area contributed by atoms with Gasteiger partial charge < -0.3 is 10.4 Å². The lowest BCUT2D eigenvalue weighted by Gasteiger charge is -2.06. The zero-order valence-electron chi connectivity index (χ0n) is 14.1. The predicted octanol–water partition coefficient (Wildman–Crippen LogP) is 2.21. The van der Waals surface area contributed by atoms with Gasteiger partial charge in [-0.2, -0.15) is 4.68 Å². The van der Waals surface area contributed by atoms with Crippen LogP contribution in [0.4, 0.5) is 0 Å². The quantitative estimate of drug-likeness (QED) is 0.467.